The van der Waals surface area contributed by atoms with Crippen molar-refractivity contribution in [2.75, 3.05) is 50.5 Å². The molecule has 0 bridgehead atoms. The Morgan fingerprint density at radius 1 is 0.118 bits per heavy atom. The quantitative estimate of drug-likeness (QED) is 0.0752. The maximum Gasteiger partial charge on any atom is 0.0540 e. The predicted octanol–water partition coefficient (Wildman–Crippen LogP) is 33.7. The van der Waals surface area contributed by atoms with Crippen molar-refractivity contribution in [3.8, 4) is 55.6 Å². The van der Waals surface area contributed by atoms with Crippen LogP contribution < -0.4 is 29.4 Å². The molecule has 0 saturated carbocycles. The van der Waals surface area contributed by atoms with E-state index in [0.29, 0.717) is 0 Å². The molecule has 608 valence electrons. The molecule has 0 spiro atoms. The first-order chi connectivity index (χ1) is 62.7. The highest BCUT2D eigenvalue weighted by molar-refractivity contribution is 6.03. The van der Waals surface area contributed by atoms with Crippen LogP contribution in [0.2, 0.25) is 0 Å². The first kappa shape index (κ1) is 80.2. The highest BCUT2D eigenvalue weighted by Gasteiger charge is 2.22. The number of anilines is 15. The van der Waals surface area contributed by atoms with Gasteiger partial charge in [0.2, 0.25) is 0 Å². The summed E-state index contributed by atoms with van der Waals surface area (Å²) in [5.74, 6) is 0. The predicted molar refractivity (Wildman–Crippen MR) is 544 cm³/mol. The maximum absolute atomic E-state index is 2.37. The van der Waals surface area contributed by atoms with Gasteiger partial charge in [-0.3, -0.25) is 0 Å². The third kappa shape index (κ3) is 17.8. The average Bonchev–Trinajstić information content (AvgIpc) is 0.780. The van der Waals surface area contributed by atoms with Crippen molar-refractivity contribution in [3.05, 3.63) is 516 Å². The molecule has 0 atom stereocenters. The topological polar surface area (TPSA) is 19.4 Å². The van der Waals surface area contributed by atoms with Crippen molar-refractivity contribution in [1.29, 1.82) is 0 Å². The van der Waals surface area contributed by atoms with Gasteiger partial charge in [-0.2, -0.15) is 0 Å². The minimum absolute atomic E-state index is 1.11. The van der Waals surface area contributed by atoms with Crippen LogP contribution in [0.15, 0.2) is 516 Å². The summed E-state index contributed by atoms with van der Waals surface area (Å²) in [6, 6.07) is 184. The van der Waals surface area contributed by atoms with Crippen molar-refractivity contribution in [2.45, 2.75) is 0 Å². The van der Waals surface area contributed by atoms with Crippen LogP contribution in [-0.4, -0.2) is 21.1 Å². The highest BCUT2D eigenvalue weighted by atomic mass is 15.2. The van der Waals surface area contributed by atoms with E-state index in [1.807, 2.05) is 0 Å². The van der Waals surface area contributed by atoms with Crippen LogP contribution in [0.3, 0.4) is 0 Å². The molecule has 0 aliphatic carbocycles. The maximum atomic E-state index is 2.37. The summed E-state index contributed by atoms with van der Waals surface area (Å²) in [7, 11) is 6.38. The molecule has 0 N–H and O–H groups in total. The molecule has 0 aliphatic heterocycles. The number of benzene rings is 21. The van der Waals surface area contributed by atoms with Gasteiger partial charge in [-0.25, -0.2) is 0 Å². The van der Waals surface area contributed by atoms with E-state index in [-0.39, 0.29) is 0 Å². The Morgan fingerprint density at radius 3 is 0.654 bits per heavy atom. The zero-order chi connectivity index (χ0) is 85.6. The van der Waals surface area contributed by atoms with E-state index in [2.05, 4.69) is 566 Å². The lowest BCUT2D eigenvalue weighted by molar-refractivity contribution is 1.20. The molecule has 0 saturated heterocycles. The van der Waals surface area contributed by atoms with Crippen molar-refractivity contribution >= 4 is 128 Å². The smallest absolute Gasteiger partial charge is 0.0540 e. The van der Waals surface area contributed by atoms with Gasteiger partial charge < -0.3 is 29.4 Å². The second-order valence-corrected chi connectivity index (χ2v) is 31.8. The van der Waals surface area contributed by atoms with Gasteiger partial charge in [0.1, 0.15) is 0 Å². The molecule has 0 aliphatic rings. The molecule has 0 radical (unpaired) electrons. The SMILES string of the molecule is CN(c1ccc(-c2ccccc2)cc1)c1ccc(N(c2cccc(-c3ccccc3)c2)c2cccc3ccccc23)cc1.CN(c1ccc(N(c2cccc(-c3ccccc3)c2)c2cccc3ccccc23)cc1)c1ccc2ccccc2c1.CN(c1ccc(N(c2cccc(-c3ccccc3)c2)c2cccc3ccccc23)cc1)c1cccc(-c2ccccc2)c1. The lowest BCUT2D eigenvalue weighted by atomic mass is 10.0. The van der Waals surface area contributed by atoms with Gasteiger partial charge in [0.15, 0.2) is 0 Å². The van der Waals surface area contributed by atoms with E-state index in [0.717, 1.165) is 85.3 Å². The summed E-state index contributed by atoms with van der Waals surface area (Å²) >= 11 is 0. The van der Waals surface area contributed by atoms with E-state index in [4.69, 9.17) is 0 Å². The molecule has 21 rings (SSSR count). The van der Waals surface area contributed by atoms with Crippen molar-refractivity contribution < 1.29 is 0 Å². The summed E-state index contributed by atoms with van der Waals surface area (Å²) in [5.41, 5.74) is 29.1. The molecule has 0 unspecified atom stereocenters. The summed E-state index contributed by atoms with van der Waals surface area (Å²) < 4.78 is 0. The Bertz CT molecular complexity index is 7280. The summed E-state index contributed by atoms with van der Waals surface area (Å²) in [5, 5.41) is 9.82. The summed E-state index contributed by atoms with van der Waals surface area (Å²) in [6.45, 7) is 0. The molecule has 0 aromatic heterocycles. The van der Waals surface area contributed by atoms with Gasteiger partial charge in [0.05, 0.1) is 17.1 Å². The van der Waals surface area contributed by atoms with Crippen molar-refractivity contribution in [2.24, 2.45) is 0 Å². The fourth-order valence-corrected chi connectivity index (χ4v) is 17.2. The van der Waals surface area contributed by atoms with Crippen LogP contribution in [0.1, 0.15) is 0 Å². The fourth-order valence-electron chi connectivity index (χ4n) is 17.2. The van der Waals surface area contributed by atoms with Crippen LogP contribution in [-0.2, 0) is 0 Å². The fraction of sp³-hybridized carbons (Fsp3) is 0.0248. The van der Waals surface area contributed by atoms with Gasteiger partial charge in [0.25, 0.3) is 0 Å². The molecule has 21 aromatic carbocycles. The molecule has 0 amide bonds. The Hall–Kier alpha value is -16.5. The van der Waals surface area contributed by atoms with Gasteiger partial charge in [-0.05, 0) is 246 Å². The Kier molecular flexibility index (Phi) is 23.6. The first-order valence-electron chi connectivity index (χ1n) is 43.3. The molecule has 6 nitrogen and oxygen atoms in total. The second-order valence-electron chi connectivity index (χ2n) is 31.8. The summed E-state index contributed by atoms with van der Waals surface area (Å²) in [6.07, 6.45) is 0. The van der Waals surface area contributed by atoms with Gasteiger partial charge in [-0.15, -0.1) is 0 Å². The summed E-state index contributed by atoms with van der Waals surface area (Å²) in [4.78, 5) is 13.8. The zero-order valence-electron chi connectivity index (χ0n) is 71.3. The van der Waals surface area contributed by atoms with Gasteiger partial charge in [0, 0.05) is 106 Å². The molecular weight excluding hydrogens is 1540 g/mol. The van der Waals surface area contributed by atoms with Gasteiger partial charge in [-0.1, -0.05) is 352 Å². The van der Waals surface area contributed by atoms with E-state index >= 15 is 0 Å². The van der Waals surface area contributed by atoms with Crippen LogP contribution in [0.4, 0.5) is 85.3 Å². The molecular formula is C121H94N6. The van der Waals surface area contributed by atoms with E-state index in [1.165, 1.54) is 98.7 Å². The third-order valence-electron chi connectivity index (χ3n) is 24.0. The van der Waals surface area contributed by atoms with E-state index in [9.17, 15) is 0 Å². The highest BCUT2D eigenvalue weighted by Crippen LogP contribution is 2.46. The normalized spacial score (nSPS) is 11.0. The van der Waals surface area contributed by atoms with E-state index < -0.39 is 0 Å². The van der Waals surface area contributed by atoms with Crippen LogP contribution in [0, 0.1) is 0 Å². The zero-order valence-corrected chi connectivity index (χ0v) is 71.3. The monoisotopic (exact) mass is 1630 g/mol. The minimum atomic E-state index is 1.11. The molecule has 0 heterocycles. The Labute approximate surface area is 745 Å². The first-order valence-corrected chi connectivity index (χ1v) is 43.3. The molecule has 6 heteroatoms. The Morgan fingerprint density at radius 2 is 0.323 bits per heavy atom. The number of hydrogen-bond donors (Lipinski definition) is 0. The minimum Gasteiger partial charge on any atom is -0.345 e. The third-order valence-corrected chi connectivity index (χ3v) is 24.0. The number of rotatable bonds is 20. The van der Waals surface area contributed by atoms with Gasteiger partial charge >= 0.3 is 0 Å². The van der Waals surface area contributed by atoms with Crippen LogP contribution in [0.25, 0.3) is 98.7 Å². The average molecular weight is 1630 g/mol. The Balaban J connectivity index is 0.000000124. The van der Waals surface area contributed by atoms with Crippen LogP contribution in [0.5, 0.6) is 0 Å². The van der Waals surface area contributed by atoms with Crippen LogP contribution >= 0.6 is 0 Å². The second kappa shape index (κ2) is 37.4. The van der Waals surface area contributed by atoms with Crippen molar-refractivity contribution in [1.82, 2.24) is 0 Å². The molecule has 0 fully saturated rings. The lowest BCUT2D eigenvalue weighted by Gasteiger charge is -2.28. The molecule has 21 aromatic rings. The number of hydrogen-bond acceptors (Lipinski definition) is 6. The molecule has 127 heavy (non-hydrogen) atoms. The number of nitrogens with zero attached hydrogens (tertiary/aromatic N) is 6. The largest absolute Gasteiger partial charge is 0.345 e. The standard InChI is InChI=1S/2C41H32N2.C39H30N2/c1-42(38-21-10-19-34(29-38)31-13-4-2-5-14-31)36-25-27-37(28-26-36)43(41-24-12-18-33-17-8-9-23-40(33)41)39-22-11-20-35(30-39)32-15-6-3-7-16-32;1-42(36-24-22-33(23-25-36)31-12-4-2-5-13-31)37-26-28-38(29-27-37)43(41-21-11-17-34-16-8-9-20-40(34)41)39-19-10-18-35(30-39)32-14-6-3-7-15-32;1-40(36-22-21-30-13-5-6-15-32(30)27-36)34-23-25-35(26-24-34)41(39-20-10-16-31-14-7-8-19-38(31)39)37-18-9-17-33(28-37)29-11-3-2-4-12-29/h2*2-30H,1H3;2-28H,1H3. The number of fused-ring (bicyclic) bond motifs is 4. The van der Waals surface area contributed by atoms with Crippen molar-refractivity contribution in [3.63, 3.8) is 0 Å². The lowest BCUT2D eigenvalue weighted by Crippen LogP contribution is -2.12. The van der Waals surface area contributed by atoms with E-state index in [1.54, 1.807) is 0 Å².